The van der Waals surface area contributed by atoms with Gasteiger partial charge in [0.25, 0.3) is 0 Å². The summed E-state index contributed by atoms with van der Waals surface area (Å²) < 4.78 is 4.37. The predicted molar refractivity (Wildman–Crippen MR) is 202 cm³/mol. The number of allylic oxidation sites excluding steroid dienone is 3. The van der Waals surface area contributed by atoms with Crippen LogP contribution < -0.4 is 0 Å². The fraction of sp³-hybridized carbons (Fsp3) is 0.0217. The van der Waals surface area contributed by atoms with E-state index in [1.54, 1.807) is 0 Å². The van der Waals surface area contributed by atoms with Crippen LogP contribution in [0.25, 0.3) is 72.4 Å². The standard InChI is InChI=1S/C46H25N5/c47-27-30-21-23-45-39(24-30)37-14-5-7-18-43(37)50(45)44-19-9-15-34(40(44)29-49)32-10-8-11-33(26-32)35-12-4-6-17-41(35)51-42-16-3-1-2-13-36(42)38-22-20-31(28-48)25-46(38)51/h1-8,10-14,17-26H,16H2. The zero-order valence-electron chi connectivity index (χ0n) is 27.2. The third-order valence-corrected chi connectivity index (χ3v) is 9.73. The molecule has 1 aliphatic rings. The van der Waals surface area contributed by atoms with Crippen molar-refractivity contribution in [3.05, 3.63) is 174 Å². The van der Waals surface area contributed by atoms with E-state index in [0.29, 0.717) is 27.9 Å². The summed E-state index contributed by atoms with van der Waals surface area (Å²) in [5.41, 5.74) is 12.0. The normalized spacial score (nSPS) is 11.9. The Kier molecular flexibility index (Phi) is 6.86. The number of hydrogen-bond donors (Lipinski definition) is 0. The molecule has 2 heterocycles. The van der Waals surface area contributed by atoms with Crippen molar-refractivity contribution in [2.75, 3.05) is 0 Å². The Morgan fingerprint density at radius 2 is 1.37 bits per heavy atom. The van der Waals surface area contributed by atoms with Gasteiger partial charge in [0.05, 0.1) is 62.3 Å². The van der Waals surface area contributed by atoms with E-state index >= 15 is 0 Å². The Bertz CT molecular complexity index is 2930. The summed E-state index contributed by atoms with van der Waals surface area (Å²) in [6.45, 7) is 0. The number of rotatable bonds is 4. The number of aromatic nitrogens is 2. The first-order chi connectivity index (χ1) is 25.2. The van der Waals surface area contributed by atoms with Gasteiger partial charge in [-0.15, -0.1) is 0 Å². The molecule has 8 aromatic rings. The van der Waals surface area contributed by atoms with Crippen molar-refractivity contribution >= 4 is 38.8 Å². The zero-order chi connectivity index (χ0) is 34.5. The molecule has 5 nitrogen and oxygen atoms in total. The molecule has 0 saturated heterocycles. The molecule has 0 N–H and O–H groups in total. The fourth-order valence-corrected chi connectivity index (χ4v) is 7.51. The van der Waals surface area contributed by atoms with Crippen LogP contribution in [0.3, 0.4) is 0 Å². The van der Waals surface area contributed by atoms with E-state index in [4.69, 9.17) is 0 Å². The van der Waals surface area contributed by atoms with Crippen LogP contribution in [0, 0.1) is 46.1 Å². The molecular weight excluding hydrogens is 623 g/mol. The van der Waals surface area contributed by atoms with Gasteiger partial charge in [-0.05, 0) is 59.7 Å². The van der Waals surface area contributed by atoms with E-state index in [-0.39, 0.29) is 0 Å². The average Bonchev–Trinajstić information content (AvgIpc) is 3.56. The average molecular weight is 648 g/mol. The Morgan fingerprint density at radius 1 is 0.588 bits per heavy atom. The first-order valence-corrected chi connectivity index (χ1v) is 16.6. The highest BCUT2D eigenvalue weighted by Gasteiger charge is 2.21. The van der Waals surface area contributed by atoms with E-state index < -0.39 is 0 Å². The molecule has 2 aromatic heterocycles. The maximum Gasteiger partial charge on any atom is 0.103 e. The van der Waals surface area contributed by atoms with E-state index in [1.807, 2.05) is 91.0 Å². The Balaban J connectivity index is 1.23. The highest BCUT2D eigenvalue weighted by Crippen LogP contribution is 2.39. The summed E-state index contributed by atoms with van der Waals surface area (Å²) in [5.74, 6) is 0. The fourth-order valence-electron chi connectivity index (χ4n) is 7.51. The summed E-state index contributed by atoms with van der Waals surface area (Å²) in [5, 5.41) is 33.2. The Labute approximate surface area is 294 Å². The van der Waals surface area contributed by atoms with Crippen molar-refractivity contribution < 1.29 is 0 Å². The lowest BCUT2D eigenvalue weighted by molar-refractivity contribution is 1.00. The molecule has 0 spiro atoms. The minimum atomic E-state index is 0.482. The van der Waals surface area contributed by atoms with Crippen LogP contribution in [0.4, 0.5) is 0 Å². The maximum atomic E-state index is 10.7. The van der Waals surface area contributed by atoms with Gasteiger partial charge in [-0.1, -0.05) is 97.1 Å². The van der Waals surface area contributed by atoms with Crippen molar-refractivity contribution in [1.29, 1.82) is 15.8 Å². The predicted octanol–water partition coefficient (Wildman–Crippen LogP) is 10.4. The summed E-state index contributed by atoms with van der Waals surface area (Å²) in [4.78, 5) is 0. The summed E-state index contributed by atoms with van der Waals surface area (Å²) in [7, 11) is 0. The minimum absolute atomic E-state index is 0.482. The largest absolute Gasteiger partial charge is 0.312 e. The molecular formula is C46H25N5. The van der Waals surface area contributed by atoms with Gasteiger partial charge in [0, 0.05) is 45.5 Å². The molecule has 0 bridgehead atoms. The van der Waals surface area contributed by atoms with Crippen LogP contribution >= 0.6 is 0 Å². The van der Waals surface area contributed by atoms with Crippen molar-refractivity contribution in [2.24, 2.45) is 0 Å². The van der Waals surface area contributed by atoms with Crippen molar-refractivity contribution in [2.45, 2.75) is 6.42 Å². The second-order valence-electron chi connectivity index (χ2n) is 12.5. The van der Waals surface area contributed by atoms with E-state index in [0.717, 1.165) is 72.8 Å². The Morgan fingerprint density at radius 3 is 2.25 bits per heavy atom. The van der Waals surface area contributed by atoms with Crippen molar-refractivity contribution in [1.82, 2.24) is 9.13 Å². The molecule has 0 saturated carbocycles. The molecule has 0 fully saturated rings. The van der Waals surface area contributed by atoms with E-state index in [2.05, 4.69) is 88.0 Å². The second kappa shape index (κ2) is 11.8. The Hall–Kier alpha value is -7.57. The van der Waals surface area contributed by atoms with Crippen LogP contribution in [-0.4, -0.2) is 9.13 Å². The lowest BCUT2D eigenvalue weighted by atomic mass is 9.95. The number of nitriles is 3. The third kappa shape index (κ3) is 4.63. The van der Waals surface area contributed by atoms with E-state index in [1.165, 1.54) is 0 Å². The number of para-hydroxylation sites is 2. The topological polar surface area (TPSA) is 81.2 Å². The molecule has 6 aromatic carbocycles. The molecule has 0 aliphatic heterocycles. The van der Waals surface area contributed by atoms with Gasteiger partial charge in [-0.2, -0.15) is 15.8 Å². The maximum absolute atomic E-state index is 10.7. The third-order valence-electron chi connectivity index (χ3n) is 9.73. The number of benzene rings is 5. The lowest BCUT2D eigenvalue weighted by Gasteiger charge is -2.17. The van der Waals surface area contributed by atoms with Gasteiger partial charge in [0.2, 0.25) is 0 Å². The quantitative estimate of drug-likeness (QED) is 0.191. The molecule has 5 heteroatoms. The summed E-state index contributed by atoms with van der Waals surface area (Å²) >= 11 is 0. The van der Waals surface area contributed by atoms with Crippen LogP contribution in [0.5, 0.6) is 0 Å². The van der Waals surface area contributed by atoms with Gasteiger partial charge in [-0.25, -0.2) is 0 Å². The summed E-state index contributed by atoms with van der Waals surface area (Å²) in [6.07, 6.45) is 9.20. The van der Waals surface area contributed by atoms with Crippen molar-refractivity contribution in [3.63, 3.8) is 0 Å². The SMILES string of the molecule is N#Cc1ccc2c(c1)c1ccccc1n2-c1cc#cc(-c2cccc(-c3ccccc3-n3c4c(c5ccc(C#N)cc53)C=CC=CC4)c2)c1C#N. The minimum Gasteiger partial charge on any atom is -0.312 e. The first-order valence-electron chi connectivity index (χ1n) is 16.6. The molecule has 1 aliphatic carbocycles. The van der Waals surface area contributed by atoms with Crippen LogP contribution in [0.2, 0.25) is 0 Å². The lowest BCUT2D eigenvalue weighted by Crippen LogP contribution is -2.02. The number of hydrogen-bond acceptors (Lipinski definition) is 3. The van der Waals surface area contributed by atoms with Gasteiger partial charge >= 0.3 is 0 Å². The molecule has 0 radical (unpaired) electrons. The molecule has 0 amide bonds. The molecule has 9 rings (SSSR count). The van der Waals surface area contributed by atoms with Crippen LogP contribution in [0.1, 0.15) is 27.9 Å². The molecule has 0 atom stereocenters. The van der Waals surface area contributed by atoms with Gasteiger partial charge < -0.3 is 9.13 Å². The van der Waals surface area contributed by atoms with E-state index in [9.17, 15) is 15.8 Å². The summed E-state index contributed by atoms with van der Waals surface area (Å²) in [6, 6.07) is 51.5. The number of fused-ring (bicyclic) bond motifs is 6. The molecule has 234 valence electrons. The van der Waals surface area contributed by atoms with Gasteiger partial charge in [0.15, 0.2) is 0 Å². The van der Waals surface area contributed by atoms with Gasteiger partial charge in [0.1, 0.15) is 6.07 Å². The number of nitrogens with zero attached hydrogens (tertiary/aromatic N) is 5. The highest BCUT2D eigenvalue weighted by molar-refractivity contribution is 6.10. The smallest absolute Gasteiger partial charge is 0.103 e. The molecule has 0 unspecified atom stereocenters. The van der Waals surface area contributed by atoms with Crippen LogP contribution in [0.15, 0.2) is 133 Å². The second-order valence-corrected chi connectivity index (χ2v) is 12.5. The van der Waals surface area contributed by atoms with Crippen molar-refractivity contribution in [3.8, 4) is 51.8 Å². The van der Waals surface area contributed by atoms with Crippen LogP contribution in [-0.2, 0) is 6.42 Å². The van der Waals surface area contributed by atoms with Gasteiger partial charge in [-0.3, -0.25) is 0 Å². The highest BCUT2D eigenvalue weighted by atomic mass is 15.0. The monoisotopic (exact) mass is 647 g/mol. The first kappa shape index (κ1) is 29.6. The molecule has 51 heavy (non-hydrogen) atoms. The zero-order valence-corrected chi connectivity index (χ0v) is 27.2.